The van der Waals surface area contributed by atoms with Crippen LogP contribution in [0.2, 0.25) is 0 Å². The maximum Gasteiger partial charge on any atom is 0.326 e. The molecule has 0 saturated carbocycles. The molecule has 1 aromatic carbocycles. The number of aliphatic hydroxyl groups is 2. The van der Waals surface area contributed by atoms with Gasteiger partial charge >= 0.3 is 5.97 Å². The first-order valence-electron chi connectivity index (χ1n) is 20.4. The second-order valence-corrected chi connectivity index (χ2v) is 15.9. The van der Waals surface area contributed by atoms with Gasteiger partial charge in [0.05, 0.1) is 18.2 Å². The number of hydrogen-bond acceptors (Lipinski definition) is 11. The SMILES string of the molecule is CC[C@H](C)[C@H](NC(=O)[C@@H](NC(=O)[C@@H]1CCCN1C(=O)[C@H](CC(C)C)NC(=O)[C@@H](NC(=O)[C@@H](N)Cc1ccccc1)[C@@H](C)O)[C@@H](C)O)C(=O)N[C@@H](CCCN=C(N)N)C(=O)O. The third-order valence-electron chi connectivity index (χ3n) is 10.3. The Labute approximate surface area is 351 Å². The minimum absolute atomic E-state index is 0.00864. The maximum absolute atomic E-state index is 14.1. The van der Waals surface area contributed by atoms with Crippen molar-refractivity contribution in [3.8, 4) is 0 Å². The van der Waals surface area contributed by atoms with Crippen LogP contribution in [0.4, 0.5) is 0 Å². The first-order valence-corrected chi connectivity index (χ1v) is 20.4. The van der Waals surface area contributed by atoms with Crippen molar-refractivity contribution in [3.05, 3.63) is 35.9 Å². The molecule has 0 bridgehead atoms. The topological polar surface area (TPSA) is 334 Å². The predicted octanol–water partition coefficient (Wildman–Crippen LogP) is -2.04. The summed E-state index contributed by atoms with van der Waals surface area (Å²) in [6.07, 6.45) is -1.31. The maximum atomic E-state index is 14.1. The Hall–Kier alpha value is -5.34. The molecule has 14 N–H and O–H groups in total. The summed E-state index contributed by atoms with van der Waals surface area (Å²) < 4.78 is 0. The van der Waals surface area contributed by atoms with Gasteiger partial charge in [0.25, 0.3) is 0 Å². The Bertz CT molecular complexity index is 1640. The van der Waals surface area contributed by atoms with Gasteiger partial charge in [-0.3, -0.25) is 33.8 Å². The standard InChI is InChI=1S/C40H66N10O10/c1-7-22(4)30(35(55)45-27(39(59)60)15-11-17-44-40(42)43)47-37(57)32(24(6)52)49-34(54)29-16-12-18-50(29)38(58)28(19-21(2)3)46-36(56)31(23(5)51)48-33(53)26(41)20-25-13-9-8-10-14-25/h8-10,13-14,21-24,26-32,51-52H,7,11-12,15-20,41H2,1-6H3,(H,45,55)(H,46,56)(H,47,57)(H,48,53)(H,49,54)(H,59,60)(H4,42,43,44)/t22-,23+,24+,26-,27-,28-,29-,30-,31-,32-/m0/s1. The van der Waals surface area contributed by atoms with Crippen molar-refractivity contribution in [2.24, 2.45) is 34.0 Å². The monoisotopic (exact) mass is 846 g/mol. The summed E-state index contributed by atoms with van der Waals surface area (Å²) in [5.41, 5.74) is 17.5. The number of guanidine groups is 1. The van der Waals surface area contributed by atoms with Crippen LogP contribution < -0.4 is 43.8 Å². The molecule has 0 aliphatic carbocycles. The molecule has 336 valence electrons. The van der Waals surface area contributed by atoms with Gasteiger partial charge in [-0.2, -0.15) is 0 Å². The summed E-state index contributed by atoms with van der Waals surface area (Å²) >= 11 is 0. The lowest BCUT2D eigenvalue weighted by Crippen LogP contribution is -2.62. The Balaban J connectivity index is 2.21. The number of nitrogens with two attached hydrogens (primary N) is 3. The van der Waals surface area contributed by atoms with Crippen LogP contribution in [0.1, 0.15) is 85.6 Å². The van der Waals surface area contributed by atoms with E-state index in [9.17, 15) is 48.9 Å². The van der Waals surface area contributed by atoms with Crippen molar-refractivity contribution in [2.75, 3.05) is 13.1 Å². The Kier molecular flexibility index (Phi) is 20.9. The number of aliphatic imine (C=N–C) groups is 1. The smallest absolute Gasteiger partial charge is 0.326 e. The van der Waals surface area contributed by atoms with Gasteiger partial charge in [-0.05, 0) is 69.8 Å². The second-order valence-electron chi connectivity index (χ2n) is 15.9. The number of carboxylic acid groups (broad SMARTS) is 1. The van der Waals surface area contributed by atoms with E-state index in [-0.39, 0.29) is 57.1 Å². The van der Waals surface area contributed by atoms with Crippen LogP contribution >= 0.6 is 0 Å². The number of nitrogens with one attached hydrogen (secondary N) is 5. The number of hydrogen-bond donors (Lipinski definition) is 11. The molecule has 20 heteroatoms. The predicted molar refractivity (Wildman–Crippen MR) is 222 cm³/mol. The molecule has 2 rings (SSSR count). The van der Waals surface area contributed by atoms with E-state index in [2.05, 4.69) is 31.6 Å². The first kappa shape index (κ1) is 50.8. The molecule has 60 heavy (non-hydrogen) atoms. The molecule has 6 amide bonds. The van der Waals surface area contributed by atoms with Gasteiger partial charge < -0.3 is 64.0 Å². The molecule has 10 atom stereocenters. The number of carbonyl (C=O) groups is 7. The molecule has 1 aliphatic heterocycles. The number of carbonyl (C=O) groups excluding carboxylic acids is 6. The van der Waals surface area contributed by atoms with Crippen LogP contribution in [0.3, 0.4) is 0 Å². The fourth-order valence-electron chi connectivity index (χ4n) is 6.71. The Morgan fingerprint density at radius 2 is 1.35 bits per heavy atom. The lowest BCUT2D eigenvalue weighted by atomic mass is 9.96. The van der Waals surface area contributed by atoms with E-state index in [1.54, 1.807) is 38.1 Å². The third kappa shape index (κ3) is 16.0. The minimum Gasteiger partial charge on any atom is -0.480 e. The number of aliphatic carboxylic acids is 1. The van der Waals surface area contributed by atoms with Crippen molar-refractivity contribution in [1.29, 1.82) is 0 Å². The summed E-state index contributed by atoms with van der Waals surface area (Å²) in [5, 5.41) is 43.6. The van der Waals surface area contributed by atoms with Crippen LogP contribution in [0.15, 0.2) is 35.3 Å². The average molecular weight is 847 g/mol. The summed E-state index contributed by atoms with van der Waals surface area (Å²) in [7, 11) is 0. The van der Waals surface area contributed by atoms with Gasteiger partial charge in [0.15, 0.2) is 5.96 Å². The van der Waals surface area contributed by atoms with E-state index in [1.165, 1.54) is 18.7 Å². The van der Waals surface area contributed by atoms with Crippen LogP contribution in [0.5, 0.6) is 0 Å². The quantitative estimate of drug-likeness (QED) is 0.0304. The van der Waals surface area contributed by atoms with Crippen molar-refractivity contribution < 1.29 is 48.9 Å². The zero-order valence-electron chi connectivity index (χ0n) is 35.4. The van der Waals surface area contributed by atoms with E-state index in [0.29, 0.717) is 12.8 Å². The van der Waals surface area contributed by atoms with Gasteiger partial charge in [-0.1, -0.05) is 64.4 Å². The van der Waals surface area contributed by atoms with Crippen molar-refractivity contribution >= 4 is 47.4 Å². The second kappa shape index (κ2) is 24.7. The number of amides is 6. The highest BCUT2D eigenvalue weighted by Crippen LogP contribution is 2.21. The molecular weight excluding hydrogens is 780 g/mol. The van der Waals surface area contributed by atoms with Crippen molar-refractivity contribution in [3.63, 3.8) is 0 Å². The minimum atomic E-state index is -1.58. The molecule has 0 unspecified atom stereocenters. The molecule has 20 nitrogen and oxygen atoms in total. The summed E-state index contributed by atoms with van der Waals surface area (Å²) in [5.74, 6) is -6.71. The van der Waals surface area contributed by atoms with E-state index in [4.69, 9.17) is 17.2 Å². The van der Waals surface area contributed by atoms with E-state index in [1.807, 2.05) is 19.9 Å². The molecule has 0 radical (unpaired) electrons. The molecule has 0 aromatic heterocycles. The van der Waals surface area contributed by atoms with Gasteiger partial charge in [-0.15, -0.1) is 0 Å². The molecule has 1 saturated heterocycles. The van der Waals surface area contributed by atoms with Gasteiger partial charge in [0.1, 0.15) is 36.3 Å². The van der Waals surface area contributed by atoms with E-state index >= 15 is 0 Å². The van der Waals surface area contributed by atoms with E-state index in [0.717, 1.165) is 5.56 Å². The first-order chi connectivity index (χ1) is 28.2. The number of carboxylic acids is 1. The molecule has 1 aliphatic rings. The average Bonchev–Trinajstić information content (AvgIpc) is 3.68. The summed E-state index contributed by atoms with van der Waals surface area (Å²) in [4.78, 5) is 98.6. The zero-order valence-corrected chi connectivity index (χ0v) is 35.4. The molecule has 1 heterocycles. The molecule has 1 fully saturated rings. The van der Waals surface area contributed by atoms with Crippen LogP contribution in [0.25, 0.3) is 0 Å². The Morgan fingerprint density at radius 1 is 0.800 bits per heavy atom. The van der Waals surface area contributed by atoms with Gasteiger partial charge in [-0.25, -0.2) is 4.79 Å². The summed E-state index contributed by atoms with van der Waals surface area (Å²) in [6.45, 7) is 9.92. The molecule has 1 aromatic rings. The lowest BCUT2D eigenvalue weighted by molar-refractivity contribution is -0.144. The van der Waals surface area contributed by atoms with Crippen LogP contribution in [-0.2, 0) is 40.0 Å². The van der Waals surface area contributed by atoms with Crippen LogP contribution in [0, 0.1) is 11.8 Å². The molecular formula is C40H66N10O10. The highest BCUT2D eigenvalue weighted by atomic mass is 16.4. The highest BCUT2D eigenvalue weighted by Gasteiger charge is 2.41. The number of likely N-dealkylation sites (tertiary alicyclic amines) is 1. The number of rotatable bonds is 24. The fourth-order valence-corrected chi connectivity index (χ4v) is 6.71. The number of aliphatic hydroxyl groups excluding tert-OH is 2. The summed E-state index contributed by atoms with van der Waals surface area (Å²) in [6, 6.07) is 0.0786. The largest absolute Gasteiger partial charge is 0.480 e. The Morgan fingerprint density at radius 3 is 1.90 bits per heavy atom. The van der Waals surface area contributed by atoms with Crippen LogP contribution in [-0.4, -0.2) is 135 Å². The highest BCUT2D eigenvalue weighted by molar-refractivity contribution is 5.97. The van der Waals surface area contributed by atoms with Crippen molar-refractivity contribution in [1.82, 2.24) is 31.5 Å². The number of benzene rings is 1. The van der Waals surface area contributed by atoms with E-state index < -0.39 is 102 Å². The van der Waals surface area contributed by atoms with Crippen molar-refractivity contribution in [2.45, 2.75) is 141 Å². The number of nitrogens with zero attached hydrogens (tertiary/aromatic N) is 2. The third-order valence-corrected chi connectivity index (χ3v) is 10.3. The van der Waals surface area contributed by atoms with Gasteiger partial charge in [0.2, 0.25) is 35.4 Å². The molecule has 0 spiro atoms. The lowest BCUT2D eigenvalue weighted by Gasteiger charge is -2.32. The fraction of sp³-hybridized carbons (Fsp3) is 0.650. The normalized spacial score (nSPS) is 18.3. The van der Waals surface area contributed by atoms with Gasteiger partial charge in [0, 0.05) is 13.1 Å². The zero-order chi connectivity index (χ0) is 45.3.